The Bertz CT molecular complexity index is 931. The number of piperazine rings is 1. The van der Waals surface area contributed by atoms with Crippen LogP contribution in [0.5, 0.6) is 0 Å². The molecule has 152 valence electrons. The molecule has 1 aliphatic heterocycles. The number of carbonyl (C=O) groups is 1. The molecule has 1 saturated heterocycles. The van der Waals surface area contributed by atoms with Crippen LogP contribution in [0.25, 0.3) is 11.3 Å². The molecule has 1 aliphatic rings. The highest BCUT2D eigenvalue weighted by Crippen LogP contribution is 2.24. The van der Waals surface area contributed by atoms with Crippen LogP contribution in [0.3, 0.4) is 0 Å². The van der Waals surface area contributed by atoms with E-state index < -0.39 is 0 Å². The summed E-state index contributed by atoms with van der Waals surface area (Å²) in [7, 11) is 2.11. The van der Waals surface area contributed by atoms with Gasteiger partial charge in [-0.05, 0) is 43.4 Å². The molecule has 1 unspecified atom stereocenters. The van der Waals surface area contributed by atoms with Gasteiger partial charge < -0.3 is 19.2 Å². The zero-order valence-corrected chi connectivity index (χ0v) is 16.9. The molecule has 0 spiro atoms. The first-order valence-corrected chi connectivity index (χ1v) is 9.95. The number of nitrogens with zero attached hydrogens (tertiary/aromatic N) is 3. The van der Waals surface area contributed by atoms with Crippen LogP contribution in [0.2, 0.25) is 5.02 Å². The molecule has 2 aromatic heterocycles. The third-order valence-corrected chi connectivity index (χ3v) is 5.43. The lowest BCUT2D eigenvalue weighted by Gasteiger charge is -2.37. The van der Waals surface area contributed by atoms with Gasteiger partial charge >= 0.3 is 0 Å². The van der Waals surface area contributed by atoms with Crippen LogP contribution in [0, 0.1) is 0 Å². The first-order valence-electron chi connectivity index (χ1n) is 9.57. The van der Waals surface area contributed by atoms with Gasteiger partial charge in [0.05, 0.1) is 12.3 Å². The Labute approximate surface area is 174 Å². The van der Waals surface area contributed by atoms with Crippen LogP contribution in [-0.2, 0) is 0 Å². The standard InChI is InChI=1S/C21H23ClN4O3/c1-25-8-10-26(11-9-25)18(19-3-2-12-28-19)14-23-21(27)17-13-20(29-24-17)15-4-6-16(22)7-5-15/h2-7,12-13,18H,8-11,14H2,1H3,(H,23,27). The van der Waals surface area contributed by atoms with Gasteiger partial charge in [0.1, 0.15) is 5.76 Å². The first kappa shape index (κ1) is 19.7. The van der Waals surface area contributed by atoms with Crippen LogP contribution in [-0.4, -0.2) is 60.6 Å². The zero-order chi connectivity index (χ0) is 20.2. The molecule has 1 atom stereocenters. The van der Waals surface area contributed by atoms with Crippen LogP contribution in [0.1, 0.15) is 22.3 Å². The normalized spacial score (nSPS) is 16.6. The smallest absolute Gasteiger partial charge is 0.273 e. The number of benzene rings is 1. The molecular formula is C21H23ClN4O3. The molecule has 4 rings (SSSR count). The summed E-state index contributed by atoms with van der Waals surface area (Å²) >= 11 is 5.92. The van der Waals surface area contributed by atoms with Gasteiger partial charge in [0.25, 0.3) is 5.91 Å². The second-order valence-electron chi connectivity index (χ2n) is 7.16. The molecule has 3 aromatic rings. The Morgan fingerprint density at radius 2 is 1.97 bits per heavy atom. The molecule has 7 nitrogen and oxygen atoms in total. The molecule has 0 saturated carbocycles. The summed E-state index contributed by atoms with van der Waals surface area (Å²) in [5, 5.41) is 7.52. The number of halogens is 1. The van der Waals surface area contributed by atoms with E-state index in [9.17, 15) is 4.79 Å². The van der Waals surface area contributed by atoms with Crippen molar-refractivity contribution >= 4 is 17.5 Å². The van der Waals surface area contributed by atoms with Gasteiger partial charge in [-0.25, -0.2) is 0 Å². The van der Waals surface area contributed by atoms with Gasteiger partial charge in [0.15, 0.2) is 11.5 Å². The highest BCUT2D eigenvalue weighted by atomic mass is 35.5. The average Bonchev–Trinajstić information content (AvgIpc) is 3.42. The number of hydrogen-bond donors (Lipinski definition) is 1. The quantitative estimate of drug-likeness (QED) is 0.667. The van der Waals surface area contributed by atoms with Crippen molar-refractivity contribution in [2.45, 2.75) is 6.04 Å². The van der Waals surface area contributed by atoms with E-state index in [1.807, 2.05) is 24.3 Å². The maximum absolute atomic E-state index is 12.6. The van der Waals surface area contributed by atoms with Gasteiger partial charge in [-0.2, -0.15) is 0 Å². The SMILES string of the molecule is CN1CCN(C(CNC(=O)c2cc(-c3ccc(Cl)cc3)on2)c2ccco2)CC1. The van der Waals surface area contributed by atoms with Crippen molar-refractivity contribution in [2.24, 2.45) is 0 Å². The summed E-state index contributed by atoms with van der Waals surface area (Å²) in [6, 6.07) is 12.6. The van der Waals surface area contributed by atoms with E-state index in [0.29, 0.717) is 17.3 Å². The van der Waals surface area contributed by atoms with Crippen molar-refractivity contribution in [2.75, 3.05) is 39.8 Å². The lowest BCUT2D eigenvalue weighted by molar-refractivity contribution is 0.0845. The largest absolute Gasteiger partial charge is 0.468 e. The molecule has 29 heavy (non-hydrogen) atoms. The Morgan fingerprint density at radius 3 is 2.66 bits per heavy atom. The first-order chi connectivity index (χ1) is 14.1. The van der Waals surface area contributed by atoms with Gasteiger partial charge in [-0.1, -0.05) is 16.8 Å². The Morgan fingerprint density at radius 1 is 1.21 bits per heavy atom. The second-order valence-corrected chi connectivity index (χ2v) is 7.60. The number of likely N-dealkylation sites (N-methyl/N-ethyl adjacent to an activating group) is 1. The number of furan rings is 1. The molecule has 0 aliphatic carbocycles. The fourth-order valence-corrected chi connectivity index (χ4v) is 3.56. The lowest BCUT2D eigenvalue weighted by atomic mass is 10.1. The maximum atomic E-state index is 12.6. The van der Waals surface area contributed by atoms with E-state index in [-0.39, 0.29) is 17.6 Å². The van der Waals surface area contributed by atoms with Crippen molar-refractivity contribution in [3.63, 3.8) is 0 Å². The highest BCUT2D eigenvalue weighted by molar-refractivity contribution is 6.30. The Balaban J connectivity index is 1.42. The monoisotopic (exact) mass is 414 g/mol. The van der Waals surface area contributed by atoms with E-state index >= 15 is 0 Å². The fourth-order valence-electron chi connectivity index (χ4n) is 3.44. The Hall–Kier alpha value is -2.61. The predicted molar refractivity (Wildman–Crippen MR) is 110 cm³/mol. The van der Waals surface area contributed by atoms with Gasteiger partial charge in [0, 0.05) is 49.4 Å². The molecular weight excluding hydrogens is 392 g/mol. The molecule has 0 bridgehead atoms. The number of rotatable bonds is 6. The van der Waals surface area contributed by atoms with E-state index in [4.69, 9.17) is 20.5 Å². The van der Waals surface area contributed by atoms with Crippen LogP contribution < -0.4 is 5.32 Å². The third-order valence-electron chi connectivity index (χ3n) is 5.18. The third kappa shape index (κ3) is 4.70. The number of carbonyl (C=O) groups excluding carboxylic acids is 1. The summed E-state index contributed by atoms with van der Waals surface area (Å²) in [6.45, 7) is 4.24. The minimum atomic E-state index is -0.278. The highest BCUT2D eigenvalue weighted by Gasteiger charge is 2.27. The molecule has 3 heterocycles. The van der Waals surface area contributed by atoms with E-state index in [2.05, 4.69) is 27.3 Å². The van der Waals surface area contributed by atoms with E-state index in [1.54, 1.807) is 24.5 Å². The van der Waals surface area contributed by atoms with E-state index in [1.165, 1.54) is 0 Å². The number of amides is 1. The lowest BCUT2D eigenvalue weighted by Crippen LogP contribution is -2.48. The Kier molecular flexibility index (Phi) is 5.99. The molecule has 0 radical (unpaired) electrons. The summed E-state index contributed by atoms with van der Waals surface area (Å²) in [4.78, 5) is 17.3. The van der Waals surface area contributed by atoms with Gasteiger partial charge in [0.2, 0.25) is 0 Å². The number of aromatic nitrogens is 1. The molecule has 1 fully saturated rings. The van der Waals surface area contributed by atoms with Crippen LogP contribution in [0.4, 0.5) is 0 Å². The van der Waals surface area contributed by atoms with Gasteiger partial charge in [-0.3, -0.25) is 9.69 Å². The van der Waals surface area contributed by atoms with Gasteiger partial charge in [-0.15, -0.1) is 0 Å². The van der Waals surface area contributed by atoms with Crippen LogP contribution >= 0.6 is 11.6 Å². The zero-order valence-electron chi connectivity index (χ0n) is 16.2. The second kappa shape index (κ2) is 8.82. The number of hydrogen-bond acceptors (Lipinski definition) is 6. The minimum Gasteiger partial charge on any atom is -0.468 e. The van der Waals surface area contributed by atoms with Crippen molar-refractivity contribution in [1.82, 2.24) is 20.3 Å². The van der Waals surface area contributed by atoms with Crippen molar-refractivity contribution in [3.8, 4) is 11.3 Å². The van der Waals surface area contributed by atoms with Crippen molar-refractivity contribution in [1.29, 1.82) is 0 Å². The summed E-state index contributed by atoms with van der Waals surface area (Å²) in [5.41, 5.74) is 1.05. The molecule has 1 N–H and O–H groups in total. The van der Waals surface area contributed by atoms with Crippen molar-refractivity contribution < 1.29 is 13.7 Å². The molecule has 8 heteroatoms. The predicted octanol–water partition coefficient (Wildman–Crippen LogP) is 3.31. The minimum absolute atomic E-state index is 0.0229. The summed E-state index contributed by atoms with van der Waals surface area (Å²) in [6.07, 6.45) is 1.66. The average molecular weight is 415 g/mol. The summed E-state index contributed by atoms with van der Waals surface area (Å²) in [5.74, 6) is 1.09. The summed E-state index contributed by atoms with van der Waals surface area (Å²) < 4.78 is 11.0. The topological polar surface area (TPSA) is 74.8 Å². The van der Waals surface area contributed by atoms with Crippen molar-refractivity contribution in [3.05, 3.63) is 65.2 Å². The fraction of sp³-hybridized carbons (Fsp3) is 0.333. The van der Waals surface area contributed by atoms with Crippen LogP contribution in [0.15, 0.2) is 57.7 Å². The molecule has 1 amide bonds. The maximum Gasteiger partial charge on any atom is 0.273 e. The molecule has 1 aromatic carbocycles. The van der Waals surface area contributed by atoms with E-state index in [0.717, 1.165) is 37.5 Å². The number of nitrogens with one attached hydrogen (secondary N) is 1.